The topological polar surface area (TPSA) is 49.8 Å². The Bertz CT molecular complexity index is 641. The Morgan fingerprint density at radius 2 is 1.80 bits per heavy atom. The predicted octanol–water partition coefficient (Wildman–Crippen LogP) is 2.95. The highest BCUT2D eigenvalue weighted by Crippen LogP contribution is 2.37. The molecule has 1 saturated heterocycles. The number of methoxy groups -OCH3 is 2. The van der Waals surface area contributed by atoms with Crippen LogP contribution < -0.4 is 9.47 Å². The molecule has 1 aromatic heterocycles. The van der Waals surface area contributed by atoms with E-state index in [2.05, 4.69) is 4.98 Å². The van der Waals surface area contributed by atoms with Crippen LogP contribution >= 0.6 is 11.6 Å². The molecule has 0 spiro atoms. The maximum absolute atomic E-state index is 6.24. The Kier molecular flexibility index (Phi) is 3.65. The Labute approximate surface area is 121 Å². The van der Waals surface area contributed by atoms with Crippen LogP contribution in [0.15, 0.2) is 18.2 Å². The number of hydrogen-bond donors (Lipinski definition) is 0. The first-order chi connectivity index (χ1) is 9.74. The first kappa shape index (κ1) is 13.4. The van der Waals surface area contributed by atoms with E-state index in [1.165, 1.54) is 0 Å². The molecule has 1 aliphatic rings. The van der Waals surface area contributed by atoms with E-state index in [0.29, 0.717) is 40.9 Å². The summed E-state index contributed by atoms with van der Waals surface area (Å²) in [6, 6.07) is 5.51. The minimum absolute atomic E-state index is 0.343. The van der Waals surface area contributed by atoms with Gasteiger partial charge in [-0.05, 0) is 18.2 Å². The van der Waals surface area contributed by atoms with E-state index in [1.807, 2.05) is 12.1 Å². The minimum atomic E-state index is -0.477. The van der Waals surface area contributed by atoms with Gasteiger partial charge in [0.1, 0.15) is 22.2 Å². The highest BCUT2D eigenvalue weighted by molar-refractivity contribution is 6.30. The molecule has 20 heavy (non-hydrogen) atoms. The second-order valence-electron chi connectivity index (χ2n) is 4.31. The van der Waals surface area contributed by atoms with E-state index in [-0.39, 0.29) is 0 Å². The smallest absolute Gasteiger partial charge is 0.187 e. The molecule has 0 bridgehead atoms. The van der Waals surface area contributed by atoms with Crippen LogP contribution in [0.25, 0.3) is 10.9 Å². The molecule has 0 amide bonds. The molecule has 0 aliphatic carbocycles. The number of pyridine rings is 1. The second-order valence-corrected chi connectivity index (χ2v) is 4.67. The van der Waals surface area contributed by atoms with Crippen molar-refractivity contribution >= 4 is 22.5 Å². The van der Waals surface area contributed by atoms with Crippen molar-refractivity contribution in [2.45, 2.75) is 6.29 Å². The SMILES string of the molecule is COc1ccc(OC)c2nc(Cl)c(C3OCCO3)cc12. The molecular weight excluding hydrogens is 282 g/mol. The van der Waals surface area contributed by atoms with Crippen LogP contribution in [0.5, 0.6) is 11.5 Å². The lowest BCUT2D eigenvalue weighted by atomic mass is 10.1. The fraction of sp³-hybridized carbons (Fsp3) is 0.357. The maximum Gasteiger partial charge on any atom is 0.187 e. The summed E-state index contributed by atoms with van der Waals surface area (Å²) in [7, 11) is 3.20. The van der Waals surface area contributed by atoms with E-state index in [0.717, 1.165) is 5.39 Å². The van der Waals surface area contributed by atoms with E-state index in [1.54, 1.807) is 20.3 Å². The Morgan fingerprint density at radius 3 is 2.45 bits per heavy atom. The summed E-state index contributed by atoms with van der Waals surface area (Å²) < 4.78 is 21.6. The lowest BCUT2D eigenvalue weighted by Crippen LogP contribution is -2.02. The summed E-state index contributed by atoms with van der Waals surface area (Å²) in [5.74, 6) is 1.34. The summed E-state index contributed by atoms with van der Waals surface area (Å²) >= 11 is 6.24. The summed E-state index contributed by atoms with van der Waals surface area (Å²) in [5.41, 5.74) is 1.35. The lowest BCUT2D eigenvalue weighted by molar-refractivity contribution is -0.0441. The quantitative estimate of drug-likeness (QED) is 0.815. The van der Waals surface area contributed by atoms with Crippen molar-refractivity contribution < 1.29 is 18.9 Å². The second kappa shape index (κ2) is 5.44. The average molecular weight is 296 g/mol. The zero-order valence-corrected chi connectivity index (χ0v) is 11.9. The lowest BCUT2D eigenvalue weighted by Gasteiger charge is -2.14. The van der Waals surface area contributed by atoms with Crippen molar-refractivity contribution in [2.75, 3.05) is 27.4 Å². The third kappa shape index (κ3) is 2.18. The van der Waals surface area contributed by atoms with Crippen molar-refractivity contribution in [1.29, 1.82) is 0 Å². The van der Waals surface area contributed by atoms with Crippen LogP contribution in [0.4, 0.5) is 0 Å². The molecule has 0 N–H and O–H groups in total. The first-order valence-electron chi connectivity index (χ1n) is 6.19. The Balaban J connectivity index is 2.22. The molecule has 1 aromatic carbocycles. The molecule has 1 fully saturated rings. The normalized spacial score (nSPS) is 15.8. The van der Waals surface area contributed by atoms with Gasteiger partial charge in [-0.2, -0.15) is 0 Å². The maximum atomic E-state index is 6.24. The summed E-state index contributed by atoms with van der Waals surface area (Å²) in [6.07, 6.45) is -0.477. The highest BCUT2D eigenvalue weighted by atomic mass is 35.5. The van der Waals surface area contributed by atoms with Gasteiger partial charge in [0.15, 0.2) is 6.29 Å². The minimum Gasteiger partial charge on any atom is -0.496 e. The molecule has 6 heteroatoms. The van der Waals surface area contributed by atoms with E-state index in [4.69, 9.17) is 30.5 Å². The number of benzene rings is 1. The van der Waals surface area contributed by atoms with Gasteiger partial charge < -0.3 is 18.9 Å². The zero-order chi connectivity index (χ0) is 14.1. The first-order valence-corrected chi connectivity index (χ1v) is 6.56. The fourth-order valence-electron chi connectivity index (χ4n) is 2.25. The standard InChI is InChI=1S/C14H14ClNO4/c1-17-10-3-4-11(18-2)12-8(10)7-9(13(15)16-12)14-19-5-6-20-14/h3-4,7,14H,5-6H2,1-2H3. The van der Waals surface area contributed by atoms with Crippen LogP contribution in [0, 0.1) is 0 Å². The molecule has 2 aromatic rings. The van der Waals surface area contributed by atoms with Crippen LogP contribution in [-0.2, 0) is 9.47 Å². The van der Waals surface area contributed by atoms with Crippen molar-refractivity contribution in [3.8, 4) is 11.5 Å². The van der Waals surface area contributed by atoms with Gasteiger partial charge in [-0.1, -0.05) is 11.6 Å². The predicted molar refractivity (Wildman–Crippen MR) is 74.5 cm³/mol. The van der Waals surface area contributed by atoms with Crippen molar-refractivity contribution in [2.24, 2.45) is 0 Å². The molecule has 0 unspecified atom stereocenters. The van der Waals surface area contributed by atoms with E-state index >= 15 is 0 Å². The van der Waals surface area contributed by atoms with Crippen LogP contribution in [0.3, 0.4) is 0 Å². The van der Waals surface area contributed by atoms with E-state index < -0.39 is 6.29 Å². The Hall–Kier alpha value is -1.56. The van der Waals surface area contributed by atoms with Crippen molar-refractivity contribution in [3.63, 3.8) is 0 Å². The third-order valence-electron chi connectivity index (χ3n) is 3.20. The molecule has 0 saturated carbocycles. The number of ether oxygens (including phenoxy) is 4. The Morgan fingerprint density at radius 1 is 1.15 bits per heavy atom. The summed E-state index contributed by atoms with van der Waals surface area (Å²) in [6.45, 7) is 1.10. The van der Waals surface area contributed by atoms with Crippen LogP contribution in [-0.4, -0.2) is 32.4 Å². The molecule has 1 aliphatic heterocycles. The number of nitrogens with zero attached hydrogens (tertiary/aromatic N) is 1. The van der Waals surface area contributed by atoms with Crippen molar-refractivity contribution in [1.82, 2.24) is 4.98 Å². The van der Waals surface area contributed by atoms with Gasteiger partial charge in [0.05, 0.1) is 27.4 Å². The van der Waals surface area contributed by atoms with Crippen LogP contribution in [0.2, 0.25) is 5.15 Å². The highest BCUT2D eigenvalue weighted by Gasteiger charge is 2.23. The molecule has 0 atom stereocenters. The monoisotopic (exact) mass is 295 g/mol. The van der Waals surface area contributed by atoms with Gasteiger partial charge in [0, 0.05) is 10.9 Å². The molecule has 3 rings (SSSR count). The summed E-state index contributed by atoms with van der Waals surface area (Å²) in [5, 5.41) is 1.15. The molecule has 0 radical (unpaired) electrons. The van der Waals surface area contributed by atoms with Gasteiger partial charge in [-0.15, -0.1) is 0 Å². The summed E-state index contributed by atoms with van der Waals surface area (Å²) in [4.78, 5) is 4.40. The molecule has 5 nitrogen and oxygen atoms in total. The number of rotatable bonds is 3. The van der Waals surface area contributed by atoms with Gasteiger partial charge in [-0.25, -0.2) is 4.98 Å². The number of hydrogen-bond acceptors (Lipinski definition) is 5. The largest absolute Gasteiger partial charge is 0.496 e. The van der Waals surface area contributed by atoms with Gasteiger partial charge in [-0.3, -0.25) is 0 Å². The van der Waals surface area contributed by atoms with Gasteiger partial charge in [0.25, 0.3) is 0 Å². The van der Waals surface area contributed by atoms with Gasteiger partial charge in [0.2, 0.25) is 0 Å². The number of fused-ring (bicyclic) bond motifs is 1. The molecule has 106 valence electrons. The third-order valence-corrected chi connectivity index (χ3v) is 3.51. The number of aromatic nitrogens is 1. The molecular formula is C14H14ClNO4. The van der Waals surface area contributed by atoms with Crippen LogP contribution in [0.1, 0.15) is 11.9 Å². The molecule has 2 heterocycles. The van der Waals surface area contributed by atoms with E-state index in [9.17, 15) is 0 Å². The zero-order valence-electron chi connectivity index (χ0n) is 11.2. The van der Waals surface area contributed by atoms with Gasteiger partial charge >= 0.3 is 0 Å². The fourth-order valence-corrected chi connectivity index (χ4v) is 2.48. The van der Waals surface area contributed by atoms with Crippen molar-refractivity contribution in [3.05, 3.63) is 28.9 Å². The average Bonchev–Trinajstić information content (AvgIpc) is 2.99. The number of halogens is 1.